The summed E-state index contributed by atoms with van der Waals surface area (Å²) < 4.78 is 5.02. The second-order valence-electron chi connectivity index (χ2n) is 4.16. The van der Waals surface area contributed by atoms with E-state index < -0.39 is 0 Å². The van der Waals surface area contributed by atoms with E-state index in [0.29, 0.717) is 24.0 Å². The van der Waals surface area contributed by atoms with Crippen LogP contribution in [0.3, 0.4) is 0 Å². The maximum Gasteiger partial charge on any atom is 0.341 e. The lowest BCUT2D eigenvalue weighted by Crippen LogP contribution is -2.21. The standard InChI is InChI=1S/C14H22N2O2/c1-4-8-11(5-2)16-13-12(9-7-10-15-13)14(17)18-6-3/h7,9-11H,4-6,8H2,1-3H3,(H,15,16). The van der Waals surface area contributed by atoms with E-state index in [1.165, 1.54) is 0 Å². The van der Waals surface area contributed by atoms with Crippen LogP contribution in [0.15, 0.2) is 18.3 Å². The second kappa shape index (κ2) is 7.69. The average Bonchev–Trinajstić information content (AvgIpc) is 2.39. The molecular formula is C14H22N2O2. The van der Waals surface area contributed by atoms with E-state index in [2.05, 4.69) is 24.1 Å². The molecule has 4 nitrogen and oxygen atoms in total. The van der Waals surface area contributed by atoms with E-state index in [9.17, 15) is 4.79 Å². The third-order valence-electron chi connectivity index (χ3n) is 2.77. The Labute approximate surface area is 109 Å². The normalized spacial score (nSPS) is 11.9. The monoisotopic (exact) mass is 250 g/mol. The van der Waals surface area contributed by atoms with Crippen LogP contribution in [0.1, 0.15) is 50.4 Å². The van der Waals surface area contributed by atoms with Crippen molar-refractivity contribution in [1.29, 1.82) is 0 Å². The van der Waals surface area contributed by atoms with Crippen molar-refractivity contribution in [1.82, 2.24) is 4.98 Å². The molecule has 0 radical (unpaired) electrons. The molecule has 4 heteroatoms. The number of nitrogens with one attached hydrogen (secondary N) is 1. The van der Waals surface area contributed by atoms with E-state index >= 15 is 0 Å². The first-order chi connectivity index (χ1) is 8.72. The molecule has 1 N–H and O–H groups in total. The van der Waals surface area contributed by atoms with Crippen molar-refractivity contribution in [3.05, 3.63) is 23.9 Å². The van der Waals surface area contributed by atoms with Gasteiger partial charge in [0.1, 0.15) is 11.4 Å². The highest BCUT2D eigenvalue weighted by Crippen LogP contribution is 2.16. The van der Waals surface area contributed by atoms with Gasteiger partial charge in [-0.2, -0.15) is 0 Å². The molecule has 100 valence electrons. The summed E-state index contributed by atoms with van der Waals surface area (Å²) in [7, 11) is 0. The zero-order valence-electron chi connectivity index (χ0n) is 11.4. The highest BCUT2D eigenvalue weighted by molar-refractivity contribution is 5.94. The number of anilines is 1. The van der Waals surface area contributed by atoms with Crippen molar-refractivity contribution in [2.75, 3.05) is 11.9 Å². The van der Waals surface area contributed by atoms with Gasteiger partial charge in [-0.25, -0.2) is 9.78 Å². The van der Waals surface area contributed by atoms with Crippen LogP contribution < -0.4 is 5.32 Å². The van der Waals surface area contributed by atoms with Gasteiger partial charge >= 0.3 is 5.97 Å². The van der Waals surface area contributed by atoms with Gasteiger partial charge < -0.3 is 10.1 Å². The molecule has 0 amide bonds. The van der Waals surface area contributed by atoms with Gasteiger partial charge in [0.15, 0.2) is 0 Å². The molecule has 1 aromatic rings. The fourth-order valence-corrected chi connectivity index (χ4v) is 1.81. The summed E-state index contributed by atoms with van der Waals surface area (Å²) in [5, 5.41) is 3.33. The van der Waals surface area contributed by atoms with Gasteiger partial charge in [0.25, 0.3) is 0 Å². The number of hydrogen-bond donors (Lipinski definition) is 1. The Bertz CT molecular complexity index is 380. The summed E-state index contributed by atoms with van der Waals surface area (Å²) in [5.74, 6) is 0.302. The number of esters is 1. The summed E-state index contributed by atoms with van der Waals surface area (Å²) in [6.07, 6.45) is 4.86. The molecule has 0 aliphatic heterocycles. The van der Waals surface area contributed by atoms with E-state index in [1.54, 1.807) is 25.3 Å². The van der Waals surface area contributed by atoms with Gasteiger partial charge in [-0.05, 0) is 31.9 Å². The molecular weight excluding hydrogens is 228 g/mol. The average molecular weight is 250 g/mol. The molecule has 0 fully saturated rings. The van der Waals surface area contributed by atoms with Crippen LogP contribution in [0.25, 0.3) is 0 Å². The largest absolute Gasteiger partial charge is 0.462 e. The Morgan fingerprint density at radius 1 is 1.44 bits per heavy atom. The van der Waals surface area contributed by atoms with E-state index in [-0.39, 0.29) is 5.97 Å². The van der Waals surface area contributed by atoms with Crippen LogP contribution in [-0.4, -0.2) is 23.6 Å². The molecule has 1 heterocycles. The first-order valence-electron chi connectivity index (χ1n) is 6.61. The highest BCUT2D eigenvalue weighted by Gasteiger charge is 2.15. The smallest absolute Gasteiger partial charge is 0.341 e. The maximum atomic E-state index is 11.8. The summed E-state index contributed by atoms with van der Waals surface area (Å²) in [6, 6.07) is 3.84. The lowest BCUT2D eigenvalue weighted by molar-refractivity contribution is 0.0527. The number of pyridine rings is 1. The first-order valence-corrected chi connectivity index (χ1v) is 6.61. The fourth-order valence-electron chi connectivity index (χ4n) is 1.81. The predicted molar refractivity (Wildman–Crippen MR) is 72.8 cm³/mol. The van der Waals surface area contributed by atoms with Crippen molar-refractivity contribution in [2.45, 2.75) is 46.1 Å². The Morgan fingerprint density at radius 2 is 2.22 bits per heavy atom. The zero-order chi connectivity index (χ0) is 13.4. The molecule has 0 aliphatic carbocycles. The van der Waals surface area contributed by atoms with E-state index in [0.717, 1.165) is 19.3 Å². The van der Waals surface area contributed by atoms with E-state index in [4.69, 9.17) is 4.74 Å². The number of nitrogens with zero attached hydrogens (tertiary/aromatic N) is 1. The number of aromatic nitrogens is 1. The quantitative estimate of drug-likeness (QED) is 0.755. The van der Waals surface area contributed by atoms with Crippen LogP contribution in [-0.2, 0) is 4.74 Å². The molecule has 1 unspecified atom stereocenters. The molecule has 1 atom stereocenters. The molecule has 0 saturated heterocycles. The van der Waals surface area contributed by atoms with Crippen molar-refractivity contribution in [3.63, 3.8) is 0 Å². The summed E-state index contributed by atoms with van der Waals surface area (Å²) >= 11 is 0. The van der Waals surface area contributed by atoms with Gasteiger partial charge in [0.2, 0.25) is 0 Å². The van der Waals surface area contributed by atoms with Gasteiger partial charge in [-0.3, -0.25) is 0 Å². The molecule has 0 saturated carbocycles. The van der Waals surface area contributed by atoms with Crippen molar-refractivity contribution in [2.24, 2.45) is 0 Å². The second-order valence-corrected chi connectivity index (χ2v) is 4.16. The fraction of sp³-hybridized carbons (Fsp3) is 0.571. The molecule has 18 heavy (non-hydrogen) atoms. The summed E-state index contributed by atoms with van der Waals surface area (Å²) in [5.41, 5.74) is 0.508. The Balaban J connectivity index is 2.84. The third-order valence-corrected chi connectivity index (χ3v) is 2.77. The van der Waals surface area contributed by atoms with E-state index in [1.807, 2.05) is 0 Å². The van der Waals surface area contributed by atoms with Crippen LogP contribution >= 0.6 is 0 Å². The van der Waals surface area contributed by atoms with Gasteiger partial charge in [0.05, 0.1) is 6.61 Å². The molecule has 0 aliphatic rings. The molecule has 1 rings (SSSR count). The minimum Gasteiger partial charge on any atom is -0.462 e. The number of carbonyl (C=O) groups excluding carboxylic acids is 1. The van der Waals surface area contributed by atoms with Crippen molar-refractivity contribution in [3.8, 4) is 0 Å². The topological polar surface area (TPSA) is 51.2 Å². The Morgan fingerprint density at radius 3 is 2.83 bits per heavy atom. The first kappa shape index (κ1) is 14.5. The summed E-state index contributed by atoms with van der Waals surface area (Å²) in [4.78, 5) is 16.0. The van der Waals surface area contributed by atoms with Gasteiger partial charge in [0, 0.05) is 12.2 Å². The number of carbonyl (C=O) groups is 1. The zero-order valence-corrected chi connectivity index (χ0v) is 11.4. The van der Waals surface area contributed by atoms with Crippen LogP contribution in [0, 0.1) is 0 Å². The Hall–Kier alpha value is -1.58. The Kier molecular flexibility index (Phi) is 6.19. The molecule has 0 aromatic carbocycles. The van der Waals surface area contributed by atoms with Crippen LogP contribution in [0.5, 0.6) is 0 Å². The number of rotatable bonds is 7. The van der Waals surface area contributed by atoms with Gasteiger partial charge in [-0.1, -0.05) is 20.3 Å². The minimum atomic E-state index is -0.320. The number of hydrogen-bond acceptors (Lipinski definition) is 4. The molecule has 0 spiro atoms. The SMILES string of the molecule is CCCC(CC)Nc1ncccc1C(=O)OCC. The molecule has 1 aromatic heterocycles. The lowest BCUT2D eigenvalue weighted by atomic mass is 10.1. The van der Waals surface area contributed by atoms with Crippen LogP contribution in [0.4, 0.5) is 5.82 Å². The number of ether oxygens (including phenoxy) is 1. The maximum absolute atomic E-state index is 11.8. The van der Waals surface area contributed by atoms with Crippen molar-refractivity contribution < 1.29 is 9.53 Å². The van der Waals surface area contributed by atoms with Crippen LogP contribution in [0.2, 0.25) is 0 Å². The predicted octanol–water partition coefficient (Wildman–Crippen LogP) is 3.25. The third kappa shape index (κ3) is 4.02. The van der Waals surface area contributed by atoms with Gasteiger partial charge in [-0.15, -0.1) is 0 Å². The minimum absolute atomic E-state index is 0.320. The summed E-state index contributed by atoms with van der Waals surface area (Å²) in [6.45, 7) is 6.45. The lowest BCUT2D eigenvalue weighted by Gasteiger charge is -2.18. The van der Waals surface area contributed by atoms with Crippen molar-refractivity contribution >= 4 is 11.8 Å². The highest BCUT2D eigenvalue weighted by atomic mass is 16.5. The molecule has 0 bridgehead atoms.